The topological polar surface area (TPSA) is 12.0 Å². The minimum atomic E-state index is 0.460. The number of hydrogen-bond donors (Lipinski definition) is 1. The molecule has 94 valence electrons. The summed E-state index contributed by atoms with van der Waals surface area (Å²) in [4.78, 5) is 0. The Kier molecular flexibility index (Phi) is 4.52. The van der Waals surface area contributed by atoms with Gasteiger partial charge in [-0.1, -0.05) is 44.2 Å². The van der Waals surface area contributed by atoms with Crippen LogP contribution >= 0.6 is 11.8 Å². The standard InChI is InChI=1S/C15H23NS/c1-15(2)9-11-17-12-14(15)16-10-8-13-6-4-3-5-7-13/h3-7,14,16H,8-12H2,1-2H3. The molecule has 1 heterocycles. The lowest BCUT2D eigenvalue weighted by molar-refractivity contribution is 0.247. The van der Waals surface area contributed by atoms with Gasteiger partial charge < -0.3 is 5.32 Å². The molecule has 2 heteroatoms. The first-order chi connectivity index (χ1) is 8.18. The Balaban J connectivity index is 1.78. The first kappa shape index (κ1) is 13.0. The van der Waals surface area contributed by atoms with E-state index < -0.39 is 0 Å². The maximum atomic E-state index is 3.74. The van der Waals surface area contributed by atoms with Gasteiger partial charge in [-0.3, -0.25) is 0 Å². The number of thioether (sulfide) groups is 1. The minimum Gasteiger partial charge on any atom is -0.312 e. The molecule has 0 spiro atoms. The van der Waals surface area contributed by atoms with Gasteiger partial charge in [-0.2, -0.15) is 11.8 Å². The van der Waals surface area contributed by atoms with Crippen LogP contribution in [0.15, 0.2) is 30.3 Å². The van der Waals surface area contributed by atoms with E-state index in [9.17, 15) is 0 Å². The lowest BCUT2D eigenvalue weighted by Gasteiger charge is -2.39. The van der Waals surface area contributed by atoms with E-state index in [4.69, 9.17) is 0 Å². The van der Waals surface area contributed by atoms with Crippen molar-refractivity contribution in [1.82, 2.24) is 5.32 Å². The van der Waals surface area contributed by atoms with Crippen LogP contribution in [0.25, 0.3) is 0 Å². The first-order valence-electron chi connectivity index (χ1n) is 6.53. The lowest BCUT2D eigenvalue weighted by Crippen LogP contribution is -2.47. The Morgan fingerprint density at radius 3 is 2.76 bits per heavy atom. The Hall–Kier alpha value is -0.470. The fraction of sp³-hybridized carbons (Fsp3) is 0.600. The van der Waals surface area contributed by atoms with Crippen LogP contribution in [0.1, 0.15) is 25.8 Å². The fourth-order valence-corrected chi connectivity index (χ4v) is 3.95. The highest BCUT2D eigenvalue weighted by atomic mass is 32.2. The third-order valence-electron chi connectivity index (χ3n) is 3.77. The summed E-state index contributed by atoms with van der Waals surface area (Å²) < 4.78 is 0. The summed E-state index contributed by atoms with van der Waals surface area (Å²) in [6, 6.07) is 11.4. The minimum absolute atomic E-state index is 0.460. The van der Waals surface area contributed by atoms with Crippen LogP contribution in [0.3, 0.4) is 0 Å². The van der Waals surface area contributed by atoms with E-state index in [1.54, 1.807) is 0 Å². The quantitative estimate of drug-likeness (QED) is 0.878. The summed E-state index contributed by atoms with van der Waals surface area (Å²) in [5, 5.41) is 3.74. The molecule has 1 atom stereocenters. The normalized spacial score (nSPS) is 23.5. The lowest BCUT2D eigenvalue weighted by atomic mass is 9.82. The average molecular weight is 249 g/mol. The number of hydrogen-bond acceptors (Lipinski definition) is 2. The largest absolute Gasteiger partial charge is 0.312 e. The van der Waals surface area contributed by atoms with Gasteiger partial charge in [0, 0.05) is 11.8 Å². The molecule has 1 aromatic carbocycles. The smallest absolute Gasteiger partial charge is 0.0209 e. The second kappa shape index (κ2) is 5.92. The van der Waals surface area contributed by atoms with Crippen molar-refractivity contribution in [3.63, 3.8) is 0 Å². The highest BCUT2D eigenvalue weighted by Crippen LogP contribution is 2.33. The van der Waals surface area contributed by atoms with Crippen molar-refractivity contribution >= 4 is 11.8 Å². The van der Waals surface area contributed by atoms with Crippen molar-refractivity contribution in [2.45, 2.75) is 32.7 Å². The zero-order valence-corrected chi connectivity index (χ0v) is 11.7. The van der Waals surface area contributed by atoms with Crippen LogP contribution in [-0.2, 0) is 6.42 Å². The highest BCUT2D eigenvalue weighted by Gasteiger charge is 2.31. The Morgan fingerprint density at radius 2 is 2.06 bits per heavy atom. The molecule has 0 aliphatic carbocycles. The summed E-state index contributed by atoms with van der Waals surface area (Å²) in [7, 11) is 0. The average Bonchev–Trinajstić information content (AvgIpc) is 2.32. The van der Waals surface area contributed by atoms with Crippen LogP contribution in [-0.4, -0.2) is 24.1 Å². The summed E-state index contributed by atoms with van der Waals surface area (Å²) in [6.45, 7) is 5.89. The Bertz CT molecular complexity index is 334. The van der Waals surface area contributed by atoms with Crippen LogP contribution < -0.4 is 5.32 Å². The molecule has 1 aromatic rings. The van der Waals surface area contributed by atoms with Crippen molar-refractivity contribution in [2.75, 3.05) is 18.1 Å². The monoisotopic (exact) mass is 249 g/mol. The Morgan fingerprint density at radius 1 is 1.29 bits per heavy atom. The van der Waals surface area contributed by atoms with Gasteiger partial charge in [-0.25, -0.2) is 0 Å². The molecule has 1 unspecified atom stereocenters. The molecule has 0 aromatic heterocycles. The van der Waals surface area contributed by atoms with E-state index in [1.165, 1.54) is 23.5 Å². The third-order valence-corrected chi connectivity index (χ3v) is 4.83. The Labute approximate surface area is 109 Å². The SMILES string of the molecule is CC1(C)CCSCC1NCCc1ccccc1. The van der Waals surface area contributed by atoms with Crippen molar-refractivity contribution < 1.29 is 0 Å². The van der Waals surface area contributed by atoms with Gasteiger partial charge in [-0.15, -0.1) is 0 Å². The zero-order valence-electron chi connectivity index (χ0n) is 10.9. The van der Waals surface area contributed by atoms with Crippen molar-refractivity contribution in [3.8, 4) is 0 Å². The number of nitrogens with one attached hydrogen (secondary N) is 1. The number of rotatable bonds is 4. The van der Waals surface area contributed by atoms with Crippen LogP contribution in [0.5, 0.6) is 0 Å². The molecule has 0 amide bonds. The zero-order chi connectivity index (χ0) is 12.1. The molecular formula is C15H23NS. The fourth-order valence-electron chi connectivity index (χ4n) is 2.31. The molecule has 1 N–H and O–H groups in total. The van der Waals surface area contributed by atoms with Gasteiger partial charge in [-0.05, 0) is 36.1 Å². The van der Waals surface area contributed by atoms with E-state index >= 15 is 0 Å². The van der Waals surface area contributed by atoms with E-state index in [2.05, 4.69) is 61.3 Å². The predicted molar refractivity (Wildman–Crippen MR) is 77.7 cm³/mol. The maximum absolute atomic E-state index is 3.74. The molecule has 0 radical (unpaired) electrons. The van der Waals surface area contributed by atoms with E-state index in [0.717, 1.165) is 13.0 Å². The highest BCUT2D eigenvalue weighted by molar-refractivity contribution is 7.99. The van der Waals surface area contributed by atoms with Gasteiger partial charge in [0.15, 0.2) is 0 Å². The first-order valence-corrected chi connectivity index (χ1v) is 7.69. The summed E-state index contributed by atoms with van der Waals surface area (Å²) in [5.74, 6) is 2.59. The summed E-state index contributed by atoms with van der Waals surface area (Å²) >= 11 is 2.09. The molecule has 0 bridgehead atoms. The van der Waals surface area contributed by atoms with Gasteiger partial charge >= 0.3 is 0 Å². The van der Waals surface area contributed by atoms with E-state index in [0.29, 0.717) is 11.5 Å². The molecule has 1 fully saturated rings. The molecule has 1 aliphatic heterocycles. The maximum Gasteiger partial charge on any atom is 0.0209 e. The van der Waals surface area contributed by atoms with Crippen molar-refractivity contribution in [2.24, 2.45) is 5.41 Å². The summed E-state index contributed by atoms with van der Waals surface area (Å²) in [5.41, 5.74) is 1.89. The van der Waals surface area contributed by atoms with Gasteiger partial charge in [0.05, 0.1) is 0 Å². The van der Waals surface area contributed by atoms with Crippen LogP contribution in [0, 0.1) is 5.41 Å². The van der Waals surface area contributed by atoms with E-state index in [1.807, 2.05) is 0 Å². The number of benzene rings is 1. The molecule has 1 aliphatic rings. The summed E-state index contributed by atoms with van der Waals surface area (Å²) in [6.07, 6.45) is 2.47. The van der Waals surface area contributed by atoms with Crippen LogP contribution in [0.4, 0.5) is 0 Å². The molecule has 0 saturated carbocycles. The van der Waals surface area contributed by atoms with Crippen LogP contribution in [0.2, 0.25) is 0 Å². The second-order valence-corrected chi connectivity index (χ2v) is 6.71. The predicted octanol–water partition coefficient (Wildman–Crippen LogP) is 3.35. The molecule has 17 heavy (non-hydrogen) atoms. The van der Waals surface area contributed by atoms with Gasteiger partial charge in [0.1, 0.15) is 0 Å². The van der Waals surface area contributed by atoms with Gasteiger partial charge in [0.2, 0.25) is 0 Å². The van der Waals surface area contributed by atoms with Gasteiger partial charge in [0.25, 0.3) is 0 Å². The third kappa shape index (κ3) is 3.75. The van der Waals surface area contributed by atoms with Crippen molar-refractivity contribution in [3.05, 3.63) is 35.9 Å². The second-order valence-electron chi connectivity index (χ2n) is 5.56. The molecule has 1 saturated heterocycles. The van der Waals surface area contributed by atoms with E-state index in [-0.39, 0.29) is 0 Å². The molecular weight excluding hydrogens is 226 g/mol. The molecule has 1 nitrogen and oxygen atoms in total. The van der Waals surface area contributed by atoms with Crippen molar-refractivity contribution in [1.29, 1.82) is 0 Å². The molecule has 2 rings (SSSR count).